The van der Waals surface area contributed by atoms with E-state index < -0.39 is 7.12 Å². The summed E-state index contributed by atoms with van der Waals surface area (Å²) in [5.74, 6) is 0. The van der Waals surface area contributed by atoms with E-state index in [1.165, 1.54) is 6.07 Å². The van der Waals surface area contributed by atoms with Crippen molar-refractivity contribution in [1.82, 2.24) is 9.78 Å². The molecule has 0 spiro atoms. The highest BCUT2D eigenvalue weighted by Gasteiger charge is 2.16. The Morgan fingerprint density at radius 3 is 2.65 bits per heavy atom. The molecule has 0 radical (unpaired) electrons. The monoisotopic (exact) mass is 227 g/mol. The molecule has 0 unspecified atom stereocenters. The predicted molar refractivity (Wildman–Crippen MR) is 62.8 cm³/mol. The van der Waals surface area contributed by atoms with Gasteiger partial charge in [-0.05, 0) is 30.6 Å². The summed E-state index contributed by atoms with van der Waals surface area (Å²) in [6.07, 6.45) is 1.78. The second-order valence-corrected chi connectivity index (χ2v) is 3.66. The fourth-order valence-corrected chi connectivity index (χ4v) is 1.57. The van der Waals surface area contributed by atoms with Gasteiger partial charge in [-0.25, -0.2) is 4.68 Å². The van der Waals surface area contributed by atoms with Gasteiger partial charge in [0, 0.05) is 6.20 Å². The van der Waals surface area contributed by atoms with Gasteiger partial charge in [-0.2, -0.15) is 10.4 Å². The van der Waals surface area contributed by atoms with E-state index in [1.54, 1.807) is 23.0 Å². The van der Waals surface area contributed by atoms with Crippen LogP contribution in [-0.4, -0.2) is 26.9 Å². The van der Waals surface area contributed by atoms with Crippen molar-refractivity contribution in [3.63, 3.8) is 0 Å². The van der Waals surface area contributed by atoms with E-state index in [9.17, 15) is 0 Å². The summed E-state index contributed by atoms with van der Waals surface area (Å²) in [4.78, 5) is 0. The van der Waals surface area contributed by atoms with Gasteiger partial charge in [-0.1, -0.05) is 6.07 Å². The Balaban J connectivity index is 2.49. The molecular formula is C11H10BN3O2. The molecule has 5 nitrogen and oxygen atoms in total. The molecule has 0 bridgehead atoms. The van der Waals surface area contributed by atoms with Crippen molar-refractivity contribution in [2.75, 3.05) is 0 Å². The summed E-state index contributed by atoms with van der Waals surface area (Å²) >= 11 is 0. The van der Waals surface area contributed by atoms with Crippen molar-refractivity contribution < 1.29 is 10.0 Å². The first kappa shape index (κ1) is 11.4. The van der Waals surface area contributed by atoms with Crippen LogP contribution in [0, 0.1) is 18.3 Å². The molecule has 1 aromatic heterocycles. The minimum Gasteiger partial charge on any atom is -0.423 e. The van der Waals surface area contributed by atoms with E-state index in [0.717, 1.165) is 5.69 Å². The number of benzene rings is 1. The molecule has 2 rings (SSSR count). The van der Waals surface area contributed by atoms with Crippen molar-refractivity contribution in [3.05, 3.63) is 41.7 Å². The first-order chi connectivity index (χ1) is 8.11. The van der Waals surface area contributed by atoms with Crippen LogP contribution in [0.15, 0.2) is 30.5 Å². The van der Waals surface area contributed by atoms with Gasteiger partial charge in [0.2, 0.25) is 0 Å². The van der Waals surface area contributed by atoms with Gasteiger partial charge in [0.25, 0.3) is 0 Å². The van der Waals surface area contributed by atoms with Crippen molar-refractivity contribution in [2.24, 2.45) is 0 Å². The molecule has 17 heavy (non-hydrogen) atoms. The minimum absolute atomic E-state index is 0.195. The molecule has 0 aliphatic carbocycles. The number of aryl methyl sites for hydroxylation is 1. The molecule has 0 aliphatic heterocycles. The van der Waals surface area contributed by atoms with E-state index >= 15 is 0 Å². The van der Waals surface area contributed by atoms with E-state index in [2.05, 4.69) is 5.10 Å². The van der Waals surface area contributed by atoms with E-state index in [-0.39, 0.29) is 11.0 Å². The van der Waals surface area contributed by atoms with Crippen LogP contribution in [0.5, 0.6) is 0 Å². The van der Waals surface area contributed by atoms with Crippen LogP contribution >= 0.6 is 0 Å². The minimum atomic E-state index is -1.64. The summed E-state index contributed by atoms with van der Waals surface area (Å²) < 4.78 is 1.63. The Labute approximate surface area is 98.7 Å². The van der Waals surface area contributed by atoms with Crippen LogP contribution in [0.1, 0.15) is 11.3 Å². The fourth-order valence-electron chi connectivity index (χ4n) is 1.57. The molecule has 1 heterocycles. The van der Waals surface area contributed by atoms with E-state index in [0.29, 0.717) is 5.69 Å². The SMILES string of the molecule is Cc1ccn(-c2ccc(B(O)O)c(C#N)c2)n1. The smallest absolute Gasteiger partial charge is 0.423 e. The molecule has 0 amide bonds. The van der Waals surface area contributed by atoms with Gasteiger partial charge < -0.3 is 10.0 Å². The van der Waals surface area contributed by atoms with Gasteiger partial charge in [-0.3, -0.25) is 0 Å². The summed E-state index contributed by atoms with van der Waals surface area (Å²) in [7, 11) is -1.64. The Morgan fingerprint density at radius 1 is 1.35 bits per heavy atom. The lowest BCUT2D eigenvalue weighted by atomic mass is 9.77. The zero-order chi connectivity index (χ0) is 12.4. The van der Waals surface area contributed by atoms with Crippen LogP contribution in [0.3, 0.4) is 0 Å². The molecule has 0 aliphatic rings. The number of hydrogen-bond donors (Lipinski definition) is 2. The lowest BCUT2D eigenvalue weighted by Crippen LogP contribution is -2.32. The molecule has 2 N–H and O–H groups in total. The van der Waals surface area contributed by atoms with Crippen molar-refractivity contribution in [1.29, 1.82) is 5.26 Å². The summed E-state index contributed by atoms with van der Waals surface area (Å²) in [6.45, 7) is 1.87. The zero-order valence-electron chi connectivity index (χ0n) is 9.20. The third kappa shape index (κ3) is 2.20. The van der Waals surface area contributed by atoms with Crippen molar-refractivity contribution >= 4 is 12.6 Å². The average Bonchev–Trinajstić information content (AvgIpc) is 2.75. The Hall–Kier alpha value is -2.10. The number of aromatic nitrogens is 2. The lowest BCUT2D eigenvalue weighted by molar-refractivity contribution is 0.425. The molecule has 84 valence electrons. The zero-order valence-corrected chi connectivity index (χ0v) is 9.20. The van der Waals surface area contributed by atoms with Crippen LogP contribution in [0.4, 0.5) is 0 Å². The molecule has 1 aromatic carbocycles. The highest BCUT2D eigenvalue weighted by atomic mass is 16.4. The maximum Gasteiger partial charge on any atom is 0.489 e. The number of nitriles is 1. The van der Waals surface area contributed by atoms with Crippen molar-refractivity contribution in [3.8, 4) is 11.8 Å². The average molecular weight is 227 g/mol. The quantitative estimate of drug-likeness (QED) is 0.692. The van der Waals surface area contributed by atoms with E-state index in [4.69, 9.17) is 15.3 Å². The highest BCUT2D eigenvalue weighted by molar-refractivity contribution is 6.59. The third-order valence-corrected chi connectivity index (χ3v) is 2.42. The van der Waals surface area contributed by atoms with Crippen LogP contribution < -0.4 is 5.46 Å². The molecule has 6 heteroatoms. The molecular weight excluding hydrogens is 217 g/mol. The van der Waals surface area contributed by atoms with Crippen LogP contribution in [-0.2, 0) is 0 Å². The Bertz CT molecular complexity index is 587. The summed E-state index contributed by atoms with van der Waals surface area (Å²) in [5.41, 5.74) is 2.00. The number of nitrogens with zero attached hydrogens (tertiary/aromatic N) is 3. The molecule has 0 saturated carbocycles. The van der Waals surface area contributed by atoms with E-state index in [1.807, 2.05) is 19.1 Å². The molecule has 2 aromatic rings. The van der Waals surface area contributed by atoms with Gasteiger partial charge >= 0.3 is 7.12 Å². The summed E-state index contributed by atoms with van der Waals surface area (Å²) in [6, 6.07) is 8.54. The molecule has 0 atom stereocenters. The highest BCUT2D eigenvalue weighted by Crippen LogP contribution is 2.09. The van der Waals surface area contributed by atoms with Crippen molar-refractivity contribution in [2.45, 2.75) is 6.92 Å². The standard InChI is InChI=1S/C11H10BN3O2/c1-8-4-5-15(14-8)10-2-3-11(12(16)17)9(6-10)7-13/h2-6,16-17H,1H3. The first-order valence-corrected chi connectivity index (χ1v) is 5.04. The summed E-state index contributed by atoms with van der Waals surface area (Å²) in [5, 5.41) is 31.3. The van der Waals surface area contributed by atoms with Gasteiger partial charge in [0.1, 0.15) is 0 Å². The van der Waals surface area contributed by atoms with Gasteiger partial charge in [0.15, 0.2) is 0 Å². The normalized spacial score (nSPS) is 10.0. The lowest BCUT2D eigenvalue weighted by Gasteiger charge is -2.06. The molecule has 0 fully saturated rings. The maximum atomic E-state index is 9.08. The Kier molecular flexibility index (Phi) is 2.96. The predicted octanol–water partition coefficient (Wildman–Crippen LogP) is -0.268. The largest absolute Gasteiger partial charge is 0.489 e. The van der Waals surface area contributed by atoms with Crippen LogP contribution in [0.25, 0.3) is 5.69 Å². The number of hydrogen-bond acceptors (Lipinski definition) is 4. The maximum absolute atomic E-state index is 9.08. The first-order valence-electron chi connectivity index (χ1n) is 5.04. The second kappa shape index (κ2) is 4.41. The fraction of sp³-hybridized carbons (Fsp3) is 0.0909. The second-order valence-electron chi connectivity index (χ2n) is 3.66. The van der Waals surface area contributed by atoms with Gasteiger partial charge in [0.05, 0.1) is 23.0 Å². The van der Waals surface area contributed by atoms with Gasteiger partial charge in [-0.15, -0.1) is 0 Å². The Morgan fingerprint density at radius 2 is 2.12 bits per heavy atom. The van der Waals surface area contributed by atoms with Crippen LogP contribution in [0.2, 0.25) is 0 Å². The third-order valence-electron chi connectivity index (χ3n) is 2.42. The number of rotatable bonds is 2. The molecule has 0 saturated heterocycles. The topological polar surface area (TPSA) is 82.1 Å².